The molecule has 1 heterocycles. The topological polar surface area (TPSA) is 63.1 Å². The minimum absolute atomic E-state index is 0.0186. The largest absolute Gasteiger partial charge is 0.348 e. The van der Waals surface area contributed by atoms with Crippen molar-refractivity contribution in [3.63, 3.8) is 0 Å². The Kier molecular flexibility index (Phi) is 6.17. The van der Waals surface area contributed by atoms with Gasteiger partial charge in [-0.2, -0.15) is 5.10 Å². The molecule has 1 aliphatic rings. The van der Waals surface area contributed by atoms with Gasteiger partial charge in [0.15, 0.2) is 0 Å². The zero-order valence-corrected chi connectivity index (χ0v) is 14.8. The third kappa shape index (κ3) is 5.13. The Morgan fingerprint density at radius 3 is 2.76 bits per heavy atom. The van der Waals surface area contributed by atoms with Gasteiger partial charge in [0.2, 0.25) is 5.91 Å². The second-order valence-corrected chi connectivity index (χ2v) is 6.83. The molecule has 1 atom stereocenters. The maximum Gasteiger partial charge on any atom is 0.234 e. The second-order valence-electron chi connectivity index (χ2n) is 6.83. The first-order valence-electron chi connectivity index (χ1n) is 9.09. The van der Waals surface area contributed by atoms with Gasteiger partial charge >= 0.3 is 0 Å². The molecule has 0 radical (unpaired) electrons. The number of likely N-dealkylation sites (N-methyl/N-ethyl adjacent to an activating group) is 1. The zero-order valence-electron chi connectivity index (χ0n) is 14.8. The minimum Gasteiger partial charge on any atom is -0.348 e. The minimum atomic E-state index is -0.0186. The maximum atomic E-state index is 12.6. The number of hydrogen-bond donors (Lipinski definition) is 1. The molecular formula is C19H27N5O. The van der Waals surface area contributed by atoms with E-state index in [1.54, 1.807) is 11.0 Å². The number of aryl methyl sites for hydroxylation is 1. The van der Waals surface area contributed by atoms with Crippen molar-refractivity contribution in [1.29, 1.82) is 0 Å². The van der Waals surface area contributed by atoms with E-state index in [2.05, 4.69) is 39.5 Å². The number of carbonyl (C=O) groups is 1. The Labute approximate surface area is 149 Å². The van der Waals surface area contributed by atoms with Crippen LogP contribution < -0.4 is 5.32 Å². The quantitative estimate of drug-likeness (QED) is 0.801. The summed E-state index contributed by atoms with van der Waals surface area (Å²) in [4.78, 5) is 18.7. The van der Waals surface area contributed by atoms with Crippen molar-refractivity contribution in [2.24, 2.45) is 0 Å². The van der Waals surface area contributed by atoms with Gasteiger partial charge in [-0.05, 0) is 31.9 Å². The van der Waals surface area contributed by atoms with Gasteiger partial charge in [0.25, 0.3) is 0 Å². The first kappa shape index (κ1) is 17.6. The summed E-state index contributed by atoms with van der Waals surface area (Å²) in [7, 11) is 2.06. The Balaban J connectivity index is 1.59. The monoisotopic (exact) mass is 341 g/mol. The molecule has 1 fully saturated rings. The predicted molar refractivity (Wildman–Crippen MR) is 96.9 cm³/mol. The van der Waals surface area contributed by atoms with Crippen LogP contribution in [0.15, 0.2) is 43.0 Å². The molecule has 0 unspecified atom stereocenters. The molecule has 1 aromatic heterocycles. The van der Waals surface area contributed by atoms with Crippen LogP contribution >= 0.6 is 0 Å². The number of aromatic nitrogens is 3. The molecular weight excluding hydrogens is 314 g/mol. The molecule has 0 saturated heterocycles. The van der Waals surface area contributed by atoms with E-state index in [4.69, 9.17) is 0 Å². The van der Waals surface area contributed by atoms with Crippen molar-refractivity contribution in [1.82, 2.24) is 25.0 Å². The molecule has 0 bridgehead atoms. The van der Waals surface area contributed by atoms with Crippen molar-refractivity contribution < 1.29 is 4.79 Å². The number of amides is 1. The third-order valence-electron chi connectivity index (χ3n) is 4.99. The first-order chi connectivity index (χ1) is 12.2. The standard InChI is InChI=1S/C19H27N5O/c1-23(17-9-5-6-10-17)13-19(25)22-18(16-7-3-2-4-8-16)11-12-24-15-20-14-21-24/h2-4,7-8,14-15,17-18H,5-6,9-13H2,1H3,(H,22,25)/t18-/m0/s1. The Morgan fingerprint density at radius 1 is 1.32 bits per heavy atom. The Morgan fingerprint density at radius 2 is 2.08 bits per heavy atom. The van der Waals surface area contributed by atoms with Crippen LogP contribution in [0.2, 0.25) is 0 Å². The molecule has 1 aliphatic carbocycles. The summed E-state index contributed by atoms with van der Waals surface area (Å²) in [6.45, 7) is 1.18. The van der Waals surface area contributed by atoms with Crippen molar-refractivity contribution in [3.05, 3.63) is 48.5 Å². The molecule has 6 nitrogen and oxygen atoms in total. The number of rotatable bonds is 8. The predicted octanol–water partition coefficient (Wildman–Crippen LogP) is 2.40. The highest BCUT2D eigenvalue weighted by molar-refractivity contribution is 5.78. The molecule has 134 valence electrons. The molecule has 6 heteroatoms. The van der Waals surface area contributed by atoms with E-state index in [0.717, 1.165) is 18.5 Å². The fourth-order valence-corrected chi connectivity index (χ4v) is 3.56. The van der Waals surface area contributed by atoms with E-state index < -0.39 is 0 Å². The van der Waals surface area contributed by atoms with E-state index in [1.165, 1.54) is 32.0 Å². The van der Waals surface area contributed by atoms with Crippen LogP contribution in [0.3, 0.4) is 0 Å². The summed E-state index contributed by atoms with van der Waals surface area (Å²) in [6, 6.07) is 10.7. The van der Waals surface area contributed by atoms with Crippen LogP contribution in [0, 0.1) is 0 Å². The van der Waals surface area contributed by atoms with E-state index in [0.29, 0.717) is 12.6 Å². The summed E-state index contributed by atoms with van der Waals surface area (Å²) in [6.07, 6.45) is 9.00. The van der Waals surface area contributed by atoms with Crippen LogP contribution in [0.4, 0.5) is 0 Å². The van der Waals surface area contributed by atoms with E-state index in [-0.39, 0.29) is 11.9 Å². The fourth-order valence-electron chi connectivity index (χ4n) is 3.56. The van der Waals surface area contributed by atoms with Crippen molar-refractivity contribution in [2.75, 3.05) is 13.6 Å². The summed E-state index contributed by atoms with van der Waals surface area (Å²) in [5.41, 5.74) is 1.12. The highest BCUT2D eigenvalue weighted by atomic mass is 16.2. The molecule has 2 aromatic rings. The summed E-state index contributed by atoms with van der Waals surface area (Å²) < 4.78 is 1.80. The zero-order chi connectivity index (χ0) is 17.5. The number of benzene rings is 1. The SMILES string of the molecule is CN(CC(=O)N[C@@H](CCn1cncn1)c1ccccc1)C1CCCC1. The molecule has 3 rings (SSSR count). The van der Waals surface area contributed by atoms with E-state index in [9.17, 15) is 4.79 Å². The van der Waals surface area contributed by atoms with Gasteiger partial charge in [0.05, 0.1) is 12.6 Å². The lowest BCUT2D eigenvalue weighted by Crippen LogP contribution is -2.41. The smallest absolute Gasteiger partial charge is 0.234 e. The van der Waals surface area contributed by atoms with Crippen LogP contribution in [0.5, 0.6) is 0 Å². The second kappa shape index (κ2) is 8.76. The highest BCUT2D eigenvalue weighted by Gasteiger charge is 2.22. The Bertz CT molecular complexity index is 637. The molecule has 1 aromatic carbocycles. The molecule has 1 saturated carbocycles. The summed E-state index contributed by atoms with van der Waals surface area (Å²) >= 11 is 0. The molecule has 1 amide bonds. The van der Waals surface area contributed by atoms with Crippen molar-refractivity contribution >= 4 is 5.91 Å². The lowest BCUT2D eigenvalue weighted by Gasteiger charge is -2.25. The lowest BCUT2D eigenvalue weighted by atomic mass is 10.0. The van der Waals surface area contributed by atoms with E-state index in [1.807, 2.05) is 18.2 Å². The van der Waals surface area contributed by atoms with Crippen molar-refractivity contribution in [2.45, 2.75) is 50.7 Å². The van der Waals surface area contributed by atoms with Crippen LogP contribution in [0.1, 0.15) is 43.7 Å². The van der Waals surface area contributed by atoms with E-state index >= 15 is 0 Å². The molecule has 0 aliphatic heterocycles. The average Bonchev–Trinajstić information content (AvgIpc) is 3.32. The highest BCUT2D eigenvalue weighted by Crippen LogP contribution is 2.22. The third-order valence-corrected chi connectivity index (χ3v) is 4.99. The van der Waals surface area contributed by atoms with Gasteiger partial charge in [-0.1, -0.05) is 43.2 Å². The molecule has 25 heavy (non-hydrogen) atoms. The van der Waals surface area contributed by atoms with Crippen LogP contribution in [-0.4, -0.2) is 45.2 Å². The number of carbonyl (C=O) groups excluding carboxylic acids is 1. The van der Waals surface area contributed by atoms with Gasteiger partial charge in [-0.25, -0.2) is 4.98 Å². The van der Waals surface area contributed by atoms with Crippen LogP contribution in [0.25, 0.3) is 0 Å². The fraction of sp³-hybridized carbons (Fsp3) is 0.526. The van der Waals surface area contributed by atoms with Gasteiger partial charge < -0.3 is 5.32 Å². The van der Waals surface area contributed by atoms with Crippen LogP contribution in [-0.2, 0) is 11.3 Å². The van der Waals surface area contributed by atoms with Gasteiger partial charge in [0, 0.05) is 12.6 Å². The van der Waals surface area contributed by atoms with Gasteiger partial charge in [-0.15, -0.1) is 0 Å². The number of nitrogens with zero attached hydrogens (tertiary/aromatic N) is 4. The van der Waals surface area contributed by atoms with Gasteiger partial charge in [0.1, 0.15) is 12.7 Å². The molecule has 0 spiro atoms. The maximum absolute atomic E-state index is 12.6. The summed E-state index contributed by atoms with van der Waals surface area (Å²) in [5.74, 6) is 0.0850. The van der Waals surface area contributed by atoms with Crippen molar-refractivity contribution in [3.8, 4) is 0 Å². The normalized spacial score (nSPS) is 16.2. The average molecular weight is 341 g/mol. The number of nitrogens with one attached hydrogen (secondary N) is 1. The summed E-state index contributed by atoms with van der Waals surface area (Å²) in [5, 5.41) is 7.35. The first-order valence-corrected chi connectivity index (χ1v) is 9.09. The Hall–Kier alpha value is -2.21. The lowest BCUT2D eigenvalue weighted by molar-refractivity contribution is -0.123. The van der Waals surface area contributed by atoms with Gasteiger partial charge in [-0.3, -0.25) is 14.4 Å². The molecule has 1 N–H and O–H groups in total. The number of hydrogen-bond acceptors (Lipinski definition) is 4.